The van der Waals surface area contributed by atoms with Crippen molar-refractivity contribution >= 4 is 5.91 Å². The van der Waals surface area contributed by atoms with Gasteiger partial charge in [-0.3, -0.25) is 4.79 Å². The van der Waals surface area contributed by atoms with E-state index in [0.717, 1.165) is 45.1 Å². The fourth-order valence-electron chi connectivity index (χ4n) is 4.46. The van der Waals surface area contributed by atoms with Crippen LogP contribution in [0.3, 0.4) is 0 Å². The van der Waals surface area contributed by atoms with E-state index in [-0.39, 0.29) is 35.7 Å². The summed E-state index contributed by atoms with van der Waals surface area (Å²) < 4.78 is 13.9. The zero-order valence-corrected chi connectivity index (χ0v) is 14.5. The number of likely N-dealkylation sites (tertiary alicyclic amines) is 1. The van der Waals surface area contributed by atoms with E-state index in [1.807, 2.05) is 17.9 Å². The van der Waals surface area contributed by atoms with Gasteiger partial charge in [0.05, 0.1) is 6.10 Å². The highest BCUT2D eigenvalue weighted by Gasteiger charge is 2.39. The van der Waals surface area contributed by atoms with Crippen LogP contribution in [0, 0.1) is 17.7 Å². The highest BCUT2D eigenvalue weighted by atomic mass is 19.1. The lowest BCUT2D eigenvalue weighted by molar-refractivity contribution is -0.138. The number of carbonyl (C=O) groups excluding carboxylic acids is 1. The SMILES string of the molecule is C[C@H](Cc1ccccc1F)C(=O)N1CCC[C@@H]1[C@@H]1CCCC[C@H]1O. The first kappa shape index (κ1) is 17.4. The minimum Gasteiger partial charge on any atom is -0.393 e. The average molecular weight is 333 g/mol. The summed E-state index contributed by atoms with van der Waals surface area (Å²) in [6.07, 6.45) is 6.24. The molecule has 24 heavy (non-hydrogen) atoms. The molecular weight excluding hydrogens is 305 g/mol. The summed E-state index contributed by atoms with van der Waals surface area (Å²) in [5.41, 5.74) is 0.604. The lowest BCUT2D eigenvalue weighted by atomic mass is 9.80. The molecule has 1 aromatic carbocycles. The van der Waals surface area contributed by atoms with E-state index >= 15 is 0 Å². The van der Waals surface area contributed by atoms with E-state index in [1.54, 1.807) is 12.1 Å². The van der Waals surface area contributed by atoms with Crippen LogP contribution in [0.25, 0.3) is 0 Å². The number of rotatable bonds is 4. The van der Waals surface area contributed by atoms with Gasteiger partial charge in [0.1, 0.15) is 5.82 Å². The number of hydrogen-bond acceptors (Lipinski definition) is 2. The largest absolute Gasteiger partial charge is 0.393 e. The van der Waals surface area contributed by atoms with Gasteiger partial charge in [-0.1, -0.05) is 38.0 Å². The van der Waals surface area contributed by atoms with Gasteiger partial charge in [-0.2, -0.15) is 0 Å². The topological polar surface area (TPSA) is 40.5 Å². The molecule has 3 rings (SSSR count). The van der Waals surface area contributed by atoms with Crippen molar-refractivity contribution in [1.82, 2.24) is 4.90 Å². The number of amides is 1. The number of aliphatic hydroxyl groups excluding tert-OH is 1. The van der Waals surface area contributed by atoms with Crippen molar-refractivity contribution in [2.45, 2.75) is 64.0 Å². The molecule has 1 saturated heterocycles. The Morgan fingerprint density at radius 1 is 1.25 bits per heavy atom. The molecule has 3 nitrogen and oxygen atoms in total. The lowest BCUT2D eigenvalue weighted by Gasteiger charge is -2.38. The van der Waals surface area contributed by atoms with Gasteiger partial charge in [0.15, 0.2) is 0 Å². The van der Waals surface area contributed by atoms with E-state index in [9.17, 15) is 14.3 Å². The molecule has 2 aliphatic rings. The molecule has 1 aliphatic heterocycles. The molecule has 4 heteroatoms. The fourth-order valence-corrected chi connectivity index (χ4v) is 4.46. The number of hydrogen-bond donors (Lipinski definition) is 1. The van der Waals surface area contributed by atoms with Crippen molar-refractivity contribution in [1.29, 1.82) is 0 Å². The van der Waals surface area contributed by atoms with Crippen LogP contribution >= 0.6 is 0 Å². The first-order chi connectivity index (χ1) is 11.6. The Hall–Kier alpha value is -1.42. The van der Waals surface area contributed by atoms with E-state index < -0.39 is 0 Å². The summed E-state index contributed by atoms with van der Waals surface area (Å²) in [6, 6.07) is 6.85. The standard InChI is InChI=1S/C20H28FNO2/c1-14(13-15-7-2-4-9-17(15)21)20(24)22-12-6-10-18(22)16-8-3-5-11-19(16)23/h2,4,7,9,14,16,18-19,23H,3,5-6,8,10-13H2,1H3/t14-,16+,18-,19-/m1/s1. The molecule has 1 saturated carbocycles. The molecule has 0 aromatic heterocycles. The zero-order chi connectivity index (χ0) is 17.1. The monoisotopic (exact) mass is 333 g/mol. The maximum Gasteiger partial charge on any atom is 0.225 e. The molecule has 132 valence electrons. The molecule has 0 bridgehead atoms. The second-order valence-corrected chi connectivity index (χ2v) is 7.45. The Bertz CT molecular complexity index is 577. The van der Waals surface area contributed by atoms with Gasteiger partial charge in [0.25, 0.3) is 0 Å². The van der Waals surface area contributed by atoms with Crippen molar-refractivity contribution in [3.8, 4) is 0 Å². The Kier molecular flexibility index (Phi) is 5.54. The van der Waals surface area contributed by atoms with Crippen molar-refractivity contribution in [3.63, 3.8) is 0 Å². The minimum atomic E-state index is -0.279. The number of halogens is 1. The molecule has 1 aromatic rings. The van der Waals surface area contributed by atoms with Crippen LogP contribution in [0.4, 0.5) is 4.39 Å². The van der Waals surface area contributed by atoms with Crippen molar-refractivity contribution in [3.05, 3.63) is 35.6 Å². The van der Waals surface area contributed by atoms with E-state index in [0.29, 0.717) is 12.0 Å². The number of benzene rings is 1. The third kappa shape index (κ3) is 3.64. The molecule has 1 N–H and O–H groups in total. The van der Waals surface area contributed by atoms with E-state index in [2.05, 4.69) is 0 Å². The lowest BCUT2D eigenvalue weighted by Crippen LogP contribution is -2.47. The predicted molar refractivity (Wildman–Crippen MR) is 92.0 cm³/mol. The first-order valence-electron chi connectivity index (χ1n) is 9.30. The van der Waals surface area contributed by atoms with Gasteiger partial charge >= 0.3 is 0 Å². The second-order valence-electron chi connectivity index (χ2n) is 7.45. The normalized spacial score (nSPS) is 28.8. The van der Waals surface area contributed by atoms with Gasteiger partial charge in [-0.25, -0.2) is 4.39 Å². The average Bonchev–Trinajstić information content (AvgIpc) is 3.06. The molecule has 0 unspecified atom stereocenters. The van der Waals surface area contributed by atoms with Crippen LogP contribution in [0.5, 0.6) is 0 Å². The van der Waals surface area contributed by atoms with Gasteiger partial charge in [-0.15, -0.1) is 0 Å². The number of nitrogens with zero attached hydrogens (tertiary/aromatic N) is 1. The fraction of sp³-hybridized carbons (Fsp3) is 0.650. The molecule has 4 atom stereocenters. The maximum atomic E-state index is 13.9. The van der Waals surface area contributed by atoms with Gasteiger partial charge in [0, 0.05) is 24.4 Å². The van der Waals surface area contributed by atoms with Crippen LogP contribution in [0.15, 0.2) is 24.3 Å². The Balaban J connectivity index is 1.67. The first-order valence-corrected chi connectivity index (χ1v) is 9.30. The molecule has 1 aliphatic carbocycles. The van der Waals surface area contributed by atoms with Gasteiger partial charge < -0.3 is 10.0 Å². The summed E-state index contributed by atoms with van der Waals surface area (Å²) in [4.78, 5) is 14.9. The van der Waals surface area contributed by atoms with Crippen LogP contribution in [-0.2, 0) is 11.2 Å². The van der Waals surface area contributed by atoms with Crippen molar-refractivity contribution in [2.24, 2.45) is 11.8 Å². The van der Waals surface area contributed by atoms with E-state index in [1.165, 1.54) is 6.07 Å². The Morgan fingerprint density at radius 2 is 2.00 bits per heavy atom. The van der Waals surface area contributed by atoms with Crippen molar-refractivity contribution < 1.29 is 14.3 Å². The third-order valence-electron chi connectivity index (χ3n) is 5.76. The van der Waals surface area contributed by atoms with Crippen LogP contribution in [-0.4, -0.2) is 34.6 Å². The summed E-state index contributed by atoms with van der Waals surface area (Å²) in [5, 5.41) is 10.4. The van der Waals surface area contributed by atoms with Crippen molar-refractivity contribution in [2.75, 3.05) is 6.54 Å². The third-order valence-corrected chi connectivity index (χ3v) is 5.76. The molecule has 2 fully saturated rings. The smallest absolute Gasteiger partial charge is 0.225 e. The minimum absolute atomic E-state index is 0.110. The zero-order valence-electron chi connectivity index (χ0n) is 14.5. The second kappa shape index (κ2) is 7.64. The summed E-state index contributed by atoms with van der Waals surface area (Å²) in [5.74, 6) is -0.148. The maximum absolute atomic E-state index is 13.9. The molecule has 0 spiro atoms. The quantitative estimate of drug-likeness (QED) is 0.915. The van der Waals surface area contributed by atoms with Gasteiger partial charge in [0.2, 0.25) is 5.91 Å². The Morgan fingerprint density at radius 3 is 2.75 bits per heavy atom. The van der Waals surface area contributed by atoms with Gasteiger partial charge in [-0.05, 0) is 43.7 Å². The summed E-state index contributed by atoms with van der Waals surface area (Å²) in [6.45, 7) is 2.66. The molecule has 1 heterocycles. The number of carbonyl (C=O) groups is 1. The summed E-state index contributed by atoms with van der Waals surface area (Å²) >= 11 is 0. The Labute approximate surface area is 143 Å². The van der Waals surface area contributed by atoms with Crippen LogP contribution < -0.4 is 0 Å². The number of aliphatic hydroxyl groups is 1. The summed E-state index contributed by atoms with van der Waals surface area (Å²) in [7, 11) is 0. The van der Waals surface area contributed by atoms with E-state index in [4.69, 9.17) is 0 Å². The van der Waals surface area contributed by atoms with Crippen LogP contribution in [0.2, 0.25) is 0 Å². The van der Waals surface area contributed by atoms with Crippen LogP contribution in [0.1, 0.15) is 51.0 Å². The molecular formula is C20H28FNO2. The molecule has 1 amide bonds. The molecule has 0 radical (unpaired) electrons. The predicted octanol–water partition coefficient (Wildman–Crippen LogP) is 3.55. The highest BCUT2D eigenvalue weighted by Crippen LogP contribution is 2.35. The highest BCUT2D eigenvalue weighted by molar-refractivity contribution is 5.79.